The van der Waals surface area contributed by atoms with Gasteiger partial charge in [0.15, 0.2) is 5.82 Å². The molecule has 0 aliphatic rings. The highest BCUT2D eigenvalue weighted by atomic mass is 35.5. The average molecular weight is 379 g/mol. The van der Waals surface area contributed by atoms with Gasteiger partial charge in [-0.05, 0) is 24.3 Å². The number of aromatic nitrogens is 5. The molecule has 0 fully saturated rings. The van der Waals surface area contributed by atoms with Gasteiger partial charge in [0.05, 0.1) is 17.1 Å². The Kier molecular flexibility index (Phi) is 5.11. The van der Waals surface area contributed by atoms with Crippen molar-refractivity contribution in [1.82, 2.24) is 29.9 Å². The zero-order valence-electron chi connectivity index (χ0n) is 12.8. The average Bonchev–Trinajstić information content (AvgIpc) is 3.11. The first-order valence-electron chi connectivity index (χ1n) is 7.21. The molecule has 0 aliphatic carbocycles. The van der Waals surface area contributed by atoms with Crippen LogP contribution < -0.4 is 10.9 Å². The molecule has 1 N–H and O–H groups in total. The zero-order valence-corrected chi connectivity index (χ0v) is 14.3. The molecule has 128 valence electrons. The molecule has 3 rings (SSSR count). The van der Waals surface area contributed by atoms with Gasteiger partial charge < -0.3 is 5.32 Å². The molecule has 10 heteroatoms. The SMILES string of the molecule is O=C(NCCn1nc(-n2cncn2)ccc1=O)c1ccc(Cl)cc1Cl. The Morgan fingerprint density at radius 1 is 1.20 bits per heavy atom. The van der Waals surface area contributed by atoms with Crippen LogP contribution in [0.25, 0.3) is 5.82 Å². The molecule has 0 unspecified atom stereocenters. The lowest BCUT2D eigenvalue weighted by atomic mass is 10.2. The number of carbonyl (C=O) groups is 1. The van der Waals surface area contributed by atoms with E-state index in [0.29, 0.717) is 16.4 Å². The predicted molar refractivity (Wildman–Crippen MR) is 92.2 cm³/mol. The van der Waals surface area contributed by atoms with E-state index in [2.05, 4.69) is 20.5 Å². The van der Waals surface area contributed by atoms with Gasteiger partial charge in [0.25, 0.3) is 11.5 Å². The summed E-state index contributed by atoms with van der Waals surface area (Å²) in [4.78, 5) is 27.9. The van der Waals surface area contributed by atoms with Gasteiger partial charge in [-0.2, -0.15) is 5.10 Å². The van der Waals surface area contributed by atoms with Crippen molar-refractivity contribution in [3.05, 3.63) is 68.9 Å². The first-order valence-corrected chi connectivity index (χ1v) is 7.96. The number of hydrogen-bond donors (Lipinski definition) is 1. The maximum atomic E-state index is 12.1. The van der Waals surface area contributed by atoms with E-state index in [9.17, 15) is 9.59 Å². The summed E-state index contributed by atoms with van der Waals surface area (Å²) < 4.78 is 2.67. The molecule has 0 saturated heterocycles. The van der Waals surface area contributed by atoms with E-state index in [1.807, 2.05) is 0 Å². The Morgan fingerprint density at radius 3 is 2.76 bits per heavy atom. The van der Waals surface area contributed by atoms with Crippen LogP contribution in [-0.4, -0.2) is 37.0 Å². The fraction of sp³-hybridized carbons (Fsp3) is 0.133. The van der Waals surface area contributed by atoms with E-state index >= 15 is 0 Å². The third-order valence-corrected chi connectivity index (χ3v) is 3.84. The third-order valence-electron chi connectivity index (χ3n) is 3.29. The van der Waals surface area contributed by atoms with Crippen LogP contribution in [0.1, 0.15) is 10.4 Å². The molecule has 2 heterocycles. The molecule has 1 amide bonds. The van der Waals surface area contributed by atoms with Crippen molar-refractivity contribution in [1.29, 1.82) is 0 Å². The van der Waals surface area contributed by atoms with Crippen LogP contribution in [0.3, 0.4) is 0 Å². The van der Waals surface area contributed by atoms with Crippen molar-refractivity contribution in [3.63, 3.8) is 0 Å². The fourth-order valence-corrected chi connectivity index (χ4v) is 2.59. The zero-order chi connectivity index (χ0) is 17.8. The Morgan fingerprint density at radius 2 is 2.04 bits per heavy atom. The minimum absolute atomic E-state index is 0.193. The third kappa shape index (κ3) is 4.04. The molecule has 25 heavy (non-hydrogen) atoms. The summed E-state index contributed by atoms with van der Waals surface area (Å²) in [7, 11) is 0. The van der Waals surface area contributed by atoms with Crippen molar-refractivity contribution >= 4 is 29.1 Å². The van der Waals surface area contributed by atoms with Gasteiger partial charge in [-0.1, -0.05) is 23.2 Å². The quantitative estimate of drug-likeness (QED) is 0.726. The second-order valence-electron chi connectivity index (χ2n) is 4.97. The Bertz CT molecular complexity index is 955. The lowest BCUT2D eigenvalue weighted by molar-refractivity contribution is 0.0952. The van der Waals surface area contributed by atoms with Crippen LogP contribution in [0, 0.1) is 0 Å². The maximum Gasteiger partial charge on any atom is 0.266 e. The van der Waals surface area contributed by atoms with Gasteiger partial charge >= 0.3 is 0 Å². The van der Waals surface area contributed by atoms with Gasteiger partial charge in [-0.15, -0.1) is 5.10 Å². The molecule has 0 radical (unpaired) electrons. The largest absolute Gasteiger partial charge is 0.350 e. The summed E-state index contributed by atoms with van der Waals surface area (Å²) in [6.07, 6.45) is 2.84. The van der Waals surface area contributed by atoms with Crippen LogP contribution in [0.4, 0.5) is 0 Å². The van der Waals surface area contributed by atoms with Crippen molar-refractivity contribution in [2.24, 2.45) is 0 Å². The Labute approximate surface area is 152 Å². The molecule has 3 aromatic rings. The van der Waals surface area contributed by atoms with Gasteiger partial charge in [-0.25, -0.2) is 14.3 Å². The first kappa shape index (κ1) is 17.1. The number of amides is 1. The van der Waals surface area contributed by atoms with Crippen LogP contribution >= 0.6 is 23.2 Å². The second-order valence-corrected chi connectivity index (χ2v) is 5.82. The molecule has 1 aromatic carbocycles. The van der Waals surface area contributed by atoms with Crippen LogP contribution in [0.5, 0.6) is 0 Å². The Balaban J connectivity index is 1.67. The minimum Gasteiger partial charge on any atom is -0.350 e. The van der Waals surface area contributed by atoms with Crippen LogP contribution in [-0.2, 0) is 6.54 Å². The highest BCUT2D eigenvalue weighted by Crippen LogP contribution is 2.20. The summed E-state index contributed by atoms with van der Waals surface area (Å²) in [6.45, 7) is 0.393. The molecule has 2 aromatic heterocycles. The summed E-state index contributed by atoms with van der Waals surface area (Å²) >= 11 is 11.8. The molecule has 0 spiro atoms. The molecule has 0 atom stereocenters. The number of halogens is 2. The summed E-state index contributed by atoms with van der Waals surface area (Å²) in [5.74, 6) is 0.0892. The monoisotopic (exact) mass is 378 g/mol. The van der Waals surface area contributed by atoms with Crippen LogP contribution in [0.2, 0.25) is 10.0 Å². The summed E-state index contributed by atoms with van der Waals surface area (Å²) in [6, 6.07) is 7.53. The predicted octanol–water partition coefficient (Wildman–Crippen LogP) is 1.56. The lowest BCUT2D eigenvalue weighted by Crippen LogP contribution is -2.32. The number of rotatable bonds is 5. The van der Waals surface area contributed by atoms with E-state index in [-0.39, 0.29) is 29.6 Å². The molecule has 0 bridgehead atoms. The topological polar surface area (TPSA) is 94.7 Å². The number of carbonyl (C=O) groups excluding carboxylic acids is 1. The lowest BCUT2D eigenvalue weighted by Gasteiger charge is -2.09. The van der Waals surface area contributed by atoms with Crippen molar-refractivity contribution in [2.75, 3.05) is 6.54 Å². The fourth-order valence-electron chi connectivity index (χ4n) is 2.09. The molecule has 0 saturated carbocycles. The van der Waals surface area contributed by atoms with E-state index in [0.717, 1.165) is 0 Å². The molecular weight excluding hydrogens is 367 g/mol. The molecular formula is C15H12Cl2N6O2. The van der Waals surface area contributed by atoms with Crippen molar-refractivity contribution in [2.45, 2.75) is 6.54 Å². The number of benzene rings is 1. The second kappa shape index (κ2) is 7.45. The van der Waals surface area contributed by atoms with Crippen molar-refractivity contribution < 1.29 is 4.79 Å². The van der Waals surface area contributed by atoms with E-state index in [1.165, 1.54) is 40.2 Å². The summed E-state index contributed by atoms with van der Waals surface area (Å²) in [5.41, 5.74) is 0.0189. The summed E-state index contributed by atoms with van der Waals surface area (Å²) in [5, 5.41) is 11.5. The van der Waals surface area contributed by atoms with Gasteiger partial charge in [0.2, 0.25) is 0 Å². The smallest absolute Gasteiger partial charge is 0.266 e. The normalized spacial score (nSPS) is 10.6. The highest BCUT2D eigenvalue weighted by molar-refractivity contribution is 6.36. The maximum absolute atomic E-state index is 12.1. The van der Waals surface area contributed by atoms with E-state index in [1.54, 1.807) is 12.1 Å². The van der Waals surface area contributed by atoms with Crippen molar-refractivity contribution in [3.8, 4) is 5.82 Å². The first-order chi connectivity index (χ1) is 12.0. The van der Waals surface area contributed by atoms with E-state index < -0.39 is 0 Å². The Hall–Kier alpha value is -2.71. The van der Waals surface area contributed by atoms with E-state index in [4.69, 9.17) is 23.2 Å². The number of nitrogens with one attached hydrogen (secondary N) is 1. The highest BCUT2D eigenvalue weighted by Gasteiger charge is 2.10. The standard InChI is InChI=1S/C15H12Cl2N6O2/c16-10-1-2-11(12(17)7-10)15(25)19-5-6-22-14(24)4-3-13(21-22)23-9-18-8-20-23/h1-4,7-9H,5-6H2,(H,19,25). The van der Waals surface area contributed by atoms with Gasteiger partial charge in [0.1, 0.15) is 12.7 Å². The number of hydrogen-bond acceptors (Lipinski definition) is 5. The van der Waals surface area contributed by atoms with Gasteiger partial charge in [0, 0.05) is 17.6 Å². The van der Waals surface area contributed by atoms with Gasteiger partial charge in [-0.3, -0.25) is 9.59 Å². The molecule has 0 aliphatic heterocycles. The minimum atomic E-state index is -0.359. The molecule has 8 nitrogen and oxygen atoms in total. The van der Waals surface area contributed by atoms with Crippen LogP contribution in [0.15, 0.2) is 47.8 Å². The number of nitrogens with zero attached hydrogens (tertiary/aromatic N) is 5.